The third-order valence-electron chi connectivity index (χ3n) is 5.48. The number of amides is 4. The molecule has 14 heteroatoms. The summed E-state index contributed by atoms with van der Waals surface area (Å²) in [6.45, 7) is 3.44. The Hall–Kier alpha value is -4.20. The van der Waals surface area contributed by atoms with Gasteiger partial charge in [-0.1, -0.05) is 44.2 Å². The van der Waals surface area contributed by atoms with Crippen LogP contribution < -0.4 is 38.9 Å². The zero-order chi connectivity index (χ0) is 28.8. The lowest BCUT2D eigenvalue weighted by atomic mass is 10.0. The number of rotatable bonds is 16. The normalized spacial score (nSPS) is 13.9. The summed E-state index contributed by atoms with van der Waals surface area (Å²) in [5, 5.41) is 16.8. The molecule has 4 unspecified atom stereocenters. The highest BCUT2D eigenvalue weighted by atomic mass is 16.4. The molecule has 12 N–H and O–H groups in total. The number of carbonyl (C=O) groups excluding carboxylic acids is 4. The number of aliphatic imine (C=N–C) groups is 1. The summed E-state index contributed by atoms with van der Waals surface area (Å²) in [5.41, 5.74) is 22.5. The van der Waals surface area contributed by atoms with Crippen LogP contribution in [0.5, 0.6) is 0 Å². The van der Waals surface area contributed by atoms with Crippen LogP contribution in [0.2, 0.25) is 0 Å². The number of hydrogen-bond donors (Lipinski definition) is 8. The van der Waals surface area contributed by atoms with E-state index in [0.29, 0.717) is 0 Å². The average Bonchev–Trinajstić information content (AvgIpc) is 2.83. The predicted molar refractivity (Wildman–Crippen MR) is 140 cm³/mol. The first kappa shape index (κ1) is 31.8. The van der Waals surface area contributed by atoms with Crippen molar-refractivity contribution in [2.75, 3.05) is 6.54 Å². The summed E-state index contributed by atoms with van der Waals surface area (Å²) >= 11 is 0. The lowest BCUT2D eigenvalue weighted by molar-refractivity contribution is -0.143. The smallest absolute Gasteiger partial charge is 0.326 e. The van der Waals surface area contributed by atoms with Gasteiger partial charge >= 0.3 is 5.97 Å². The van der Waals surface area contributed by atoms with E-state index in [2.05, 4.69) is 20.9 Å². The number of hydrogen-bond acceptors (Lipinski definition) is 7. The van der Waals surface area contributed by atoms with Crippen LogP contribution in [0.15, 0.2) is 35.3 Å². The van der Waals surface area contributed by atoms with E-state index in [-0.39, 0.29) is 31.8 Å². The number of carboxylic acids is 1. The third kappa shape index (κ3) is 11.7. The fourth-order valence-electron chi connectivity index (χ4n) is 3.46. The van der Waals surface area contributed by atoms with Gasteiger partial charge in [0.2, 0.25) is 23.6 Å². The number of nitrogens with one attached hydrogen (secondary N) is 3. The van der Waals surface area contributed by atoms with Crippen LogP contribution in [-0.4, -0.2) is 71.4 Å². The molecule has 0 aliphatic rings. The Bertz CT molecular complexity index is 997. The maximum Gasteiger partial charge on any atom is 0.326 e. The minimum absolute atomic E-state index is 0.0380. The van der Waals surface area contributed by atoms with E-state index in [9.17, 15) is 29.1 Å². The van der Waals surface area contributed by atoms with Gasteiger partial charge in [-0.15, -0.1) is 0 Å². The van der Waals surface area contributed by atoms with Crippen LogP contribution in [0.1, 0.15) is 38.7 Å². The van der Waals surface area contributed by atoms with Gasteiger partial charge in [-0.25, -0.2) is 4.79 Å². The van der Waals surface area contributed by atoms with Crippen molar-refractivity contribution in [2.24, 2.45) is 33.8 Å². The molecule has 0 heterocycles. The van der Waals surface area contributed by atoms with Crippen molar-refractivity contribution in [2.45, 2.75) is 63.7 Å². The van der Waals surface area contributed by atoms with Gasteiger partial charge in [-0.3, -0.25) is 24.2 Å². The molecular formula is C24H38N8O6. The molecule has 0 aromatic heterocycles. The molecule has 0 fully saturated rings. The van der Waals surface area contributed by atoms with Crippen molar-refractivity contribution in [3.05, 3.63) is 35.9 Å². The molecule has 1 rings (SSSR count). The topological polar surface area (TPSA) is 258 Å². The summed E-state index contributed by atoms with van der Waals surface area (Å²) in [4.78, 5) is 65.5. The Balaban J connectivity index is 2.89. The Kier molecular flexibility index (Phi) is 13.2. The van der Waals surface area contributed by atoms with Gasteiger partial charge in [0.15, 0.2) is 5.96 Å². The van der Waals surface area contributed by atoms with E-state index in [1.165, 1.54) is 0 Å². The molecule has 0 saturated heterocycles. The monoisotopic (exact) mass is 534 g/mol. The van der Waals surface area contributed by atoms with E-state index in [4.69, 9.17) is 22.9 Å². The molecule has 210 valence electrons. The second-order valence-electron chi connectivity index (χ2n) is 9.11. The highest BCUT2D eigenvalue weighted by molar-refractivity contribution is 5.96. The Morgan fingerprint density at radius 3 is 2.03 bits per heavy atom. The van der Waals surface area contributed by atoms with Crippen molar-refractivity contribution >= 4 is 35.6 Å². The van der Waals surface area contributed by atoms with E-state index < -0.39 is 66.1 Å². The fourth-order valence-corrected chi connectivity index (χ4v) is 3.46. The van der Waals surface area contributed by atoms with Gasteiger partial charge in [0.05, 0.1) is 12.5 Å². The molecule has 0 saturated carbocycles. The van der Waals surface area contributed by atoms with E-state index >= 15 is 0 Å². The molecule has 14 nitrogen and oxygen atoms in total. The van der Waals surface area contributed by atoms with E-state index in [1.54, 1.807) is 38.1 Å². The Labute approximate surface area is 221 Å². The highest BCUT2D eigenvalue weighted by Crippen LogP contribution is 2.07. The summed E-state index contributed by atoms with van der Waals surface area (Å²) < 4.78 is 0. The molecule has 38 heavy (non-hydrogen) atoms. The number of carboxylic acid groups (broad SMARTS) is 1. The SMILES string of the molecule is CC(C)C(NC(=O)C(CC(N)=O)NC(=O)C(N)Cc1ccccc1)C(=O)NC(CCCN=C(N)N)C(=O)O. The van der Waals surface area contributed by atoms with Crippen molar-refractivity contribution in [3.8, 4) is 0 Å². The Morgan fingerprint density at radius 2 is 1.50 bits per heavy atom. The summed E-state index contributed by atoms with van der Waals surface area (Å²) in [7, 11) is 0. The van der Waals surface area contributed by atoms with Crippen LogP contribution in [0.3, 0.4) is 0 Å². The molecule has 4 atom stereocenters. The zero-order valence-electron chi connectivity index (χ0n) is 21.6. The molecule has 1 aromatic carbocycles. The Morgan fingerprint density at radius 1 is 0.895 bits per heavy atom. The minimum atomic E-state index is -1.40. The van der Waals surface area contributed by atoms with Gasteiger partial charge in [0.1, 0.15) is 18.1 Å². The number of guanidine groups is 1. The first-order chi connectivity index (χ1) is 17.8. The maximum absolute atomic E-state index is 13.0. The largest absolute Gasteiger partial charge is 0.480 e. The standard InChI is InChI=1S/C24H38N8O6/c1-13(2)19(22(36)30-16(23(37)38)9-6-10-29-24(27)28)32-21(35)17(12-18(26)33)31-20(34)15(25)11-14-7-4-3-5-8-14/h3-5,7-8,13,15-17,19H,6,9-12,25H2,1-2H3,(H2,26,33)(H,30,36)(H,31,34)(H,32,35)(H,37,38)(H4,27,28,29). The lowest BCUT2D eigenvalue weighted by Gasteiger charge is -2.26. The number of primary amides is 1. The zero-order valence-corrected chi connectivity index (χ0v) is 21.6. The lowest BCUT2D eigenvalue weighted by Crippen LogP contribution is -2.59. The first-order valence-corrected chi connectivity index (χ1v) is 12.1. The van der Waals surface area contributed by atoms with Crippen LogP contribution in [0, 0.1) is 5.92 Å². The quantitative estimate of drug-likeness (QED) is 0.0642. The highest BCUT2D eigenvalue weighted by Gasteiger charge is 2.32. The molecule has 0 radical (unpaired) electrons. The second kappa shape index (κ2) is 15.8. The predicted octanol–water partition coefficient (Wildman–Crippen LogP) is -2.32. The summed E-state index contributed by atoms with van der Waals surface area (Å²) in [6.07, 6.45) is -0.0287. The number of benzene rings is 1. The number of nitrogens with two attached hydrogens (primary N) is 4. The minimum Gasteiger partial charge on any atom is -0.480 e. The van der Waals surface area contributed by atoms with Crippen LogP contribution in [-0.2, 0) is 30.4 Å². The van der Waals surface area contributed by atoms with Gasteiger partial charge in [-0.05, 0) is 30.7 Å². The number of carbonyl (C=O) groups is 5. The third-order valence-corrected chi connectivity index (χ3v) is 5.48. The average molecular weight is 535 g/mol. The van der Waals surface area contributed by atoms with Gasteiger partial charge in [-0.2, -0.15) is 0 Å². The van der Waals surface area contributed by atoms with Crippen molar-refractivity contribution in [3.63, 3.8) is 0 Å². The van der Waals surface area contributed by atoms with Crippen LogP contribution in [0.4, 0.5) is 0 Å². The first-order valence-electron chi connectivity index (χ1n) is 12.1. The van der Waals surface area contributed by atoms with E-state index in [1.807, 2.05) is 6.07 Å². The summed E-state index contributed by atoms with van der Waals surface area (Å²) in [6, 6.07) is 4.13. The molecule has 1 aromatic rings. The molecule has 4 amide bonds. The fraction of sp³-hybridized carbons (Fsp3) is 0.500. The molecule has 0 aliphatic heterocycles. The van der Waals surface area contributed by atoms with Gasteiger partial charge in [0.25, 0.3) is 0 Å². The second-order valence-corrected chi connectivity index (χ2v) is 9.11. The molecule has 0 bridgehead atoms. The van der Waals surface area contributed by atoms with Crippen molar-refractivity contribution in [1.29, 1.82) is 0 Å². The van der Waals surface area contributed by atoms with Gasteiger partial charge in [0, 0.05) is 6.54 Å². The number of aliphatic carboxylic acids is 1. The molecule has 0 spiro atoms. The van der Waals surface area contributed by atoms with E-state index in [0.717, 1.165) is 5.56 Å². The van der Waals surface area contributed by atoms with Crippen LogP contribution in [0.25, 0.3) is 0 Å². The summed E-state index contributed by atoms with van der Waals surface area (Å²) in [5.74, 6) is -5.04. The molecular weight excluding hydrogens is 496 g/mol. The molecule has 0 aliphatic carbocycles. The van der Waals surface area contributed by atoms with Crippen LogP contribution >= 0.6 is 0 Å². The van der Waals surface area contributed by atoms with Gasteiger partial charge < -0.3 is 44.0 Å². The maximum atomic E-state index is 13.0. The van der Waals surface area contributed by atoms with Crippen molar-refractivity contribution in [1.82, 2.24) is 16.0 Å². The number of nitrogens with zero attached hydrogens (tertiary/aromatic N) is 1. The van der Waals surface area contributed by atoms with Crippen molar-refractivity contribution < 1.29 is 29.1 Å².